The lowest BCUT2D eigenvalue weighted by molar-refractivity contribution is -0.0450. The maximum absolute atomic E-state index is 10.3. The molecule has 0 unspecified atom stereocenters. The van der Waals surface area contributed by atoms with Gasteiger partial charge in [-0.1, -0.05) is 6.42 Å². The summed E-state index contributed by atoms with van der Waals surface area (Å²) in [6, 6.07) is 0. The SMILES string of the molecule is O=C(O)N1CC2(CCC2)C1. The molecule has 3 nitrogen and oxygen atoms in total. The van der Waals surface area contributed by atoms with Crippen molar-refractivity contribution in [2.75, 3.05) is 13.1 Å². The van der Waals surface area contributed by atoms with Crippen LogP contribution in [0.2, 0.25) is 0 Å². The average molecular weight is 141 g/mol. The Bertz CT molecular complexity index is 166. The first kappa shape index (κ1) is 6.01. The predicted molar refractivity (Wildman–Crippen MR) is 35.9 cm³/mol. The summed E-state index contributed by atoms with van der Waals surface area (Å²) in [4.78, 5) is 11.8. The van der Waals surface area contributed by atoms with Crippen molar-refractivity contribution in [3.63, 3.8) is 0 Å². The molecule has 56 valence electrons. The Morgan fingerprint density at radius 2 is 2.00 bits per heavy atom. The van der Waals surface area contributed by atoms with Crippen LogP contribution in [-0.4, -0.2) is 29.2 Å². The fourth-order valence-corrected chi connectivity index (χ4v) is 1.89. The highest BCUT2D eigenvalue weighted by molar-refractivity contribution is 5.66. The quantitative estimate of drug-likeness (QED) is 0.549. The van der Waals surface area contributed by atoms with Crippen LogP contribution >= 0.6 is 0 Å². The first-order chi connectivity index (χ1) is 4.72. The van der Waals surface area contributed by atoms with Crippen LogP contribution in [0.1, 0.15) is 19.3 Å². The van der Waals surface area contributed by atoms with Crippen LogP contribution in [0, 0.1) is 5.41 Å². The molecule has 0 bridgehead atoms. The van der Waals surface area contributed by atoms with E-state index in [-0.39, 0.29) is 0 Å². The number of hydrogen-bond acceptors (Lipinski definition) is 1. The van der Waals surface area contributed by atoms with Crippen molar-refractivity contribution in [1.29, 1.82) is 0 Å². The third-order valence-corrected chi connectivity index (χ3v) is 2.74. The molecule has 0 radical (unpaired) electrons. The Labute approximate surface area is 59.6 Å². The van der Waals surface area contributed by atoms with Crippen molar-refractivity contribution in [3.05, 3.63) is 0 Å². The van der Waals surface area contributed by atoms with Gasteiger partial charge in [-0.3, -0.25) is 0 Å². The second-order valence-electron chi connectivity index (χ2n) is 3.49. The van der Waals surface area contributed by atoms with Crippen molar-refractivity contribution < 1.29 is 9.90 Å². The van der Waals surface area contributed by atoms with Crippen LogP contribution in [0.15, 0.2) is 0 Å². The van der Waals surface area contributed by atoms with Gasteiger partial charge in [-0.15, -0.1) is 0 Å². The lowest BCUT2D eigenvalue weighted by atomic mass is 9.64. The first-order valence-corrected chi connectivity index (χ1v) is 3.70. The van der Waals surface area contributed by atoms with E-state index in [4.69, 9.17) is 5.11 Å². The number of carboxylic acid groups (broad SMARTS) is 1. The van der Waals surface area contributed by atoms with E-state index in [9.17, 15) is 4.79 Å². The van der Waals surface area contributed by atoms with Crippen molar-refractivity contribution in [2.45, 2.75) is 19.3 Å². The summed E-state index contributed by atoms with van der Waals surface area (Å²) in [5.41, 5.74) is 0.443. The van der Waals surface area contributed by atoms with Crippen LogP contribution in [0.4, 0.5) is 4.79 Å². The lowest BCUT2D eigenvalue weighted by Crippen LogP contribution is -2.61. The molecule has 10 heavy (non-hydrogen) atoms. The summed E-state index contributed by atoms with van der Waals surface area (Å²) < 4.78 is 0. The molecule has 3 heteroatoms. The Kier molecular flexibility index (Phi) is 0.993. The van der Waals surface area contributed by atoms with Gasteiger partial charge in [-0.2, -0.15) is 0 Å². The molecule has 0 aromatic heterocycles. The second-order valence-corrected chi connectivity index (χ2v) is 3.49. The van der Waals surface area contributed by atoms with Gasteiger partial charge < -0.3 is 10.0 Å². The van der Waals surface area contributed by atoms with Gasteiger partial charge in [-0.25, -0.2) is 4.79 Å². The third-order valence-electron chi connectivity index (χ3n) is 2.74. The number of hydrogen-bond donors (Lipinski definition) is 1. The molecule has 1 amide bonds. The van der Waals surface area contributed by atoms with Crippen LogP contribution < -0.4 is 0 Å². The summed E-state index contributed by atoms with van der Waals surface area (Å²) in [6.07, 6.45) is 3.04. The van der Waals surface area contributed by atoms with Gasteiger partial charge in [0.15, 0.2) is 0 Å². The number of amides is 1. The summed E-state index contributed by atoms with van der Waals surface area (Å²) in [5, 5.41) is 8.51. The number of rotatable bonds is 0. The first-order valence-electron chi connectivity index (χ1n) is 3.70. The van der Waals surface area contributed by atoms with E-state index in [1.807, 2.05) is 0 Å². The number of nitrogens with zero attached hydrogens (tertiary/aromatic N) is 1. The largest absolute Gasteiger partial charge is 0.465 e. The molecule has 2 aliphatic rings. The van der Waals surface area contributed by atoms with E-state index in [1.54, 1.807) is 0 Å². The molecule has 1 spiro atoms. The van der Waals surface area contributed by atoms with Gasteiger partial charge in [-0.05, 0) is 12.8 Å². The molecule has 1 N–H and O–H groups in total. The Hall–Kier alpha value is -0.730. The molecular formula is C7H11NO2. The monoisotopic (exact) mass is 141 g/mol. The molecular weight excluding hydrogens is 130 g/mol. The van der Waals surface area contributed by atoms with Gasteiger partial charge in [0, 0.05) is 18.5 Å². The Morgan fingerprint density at radius 1 is 1.40 bits per heavy atom. The summed E-state index contributed by atoms with van der Waals surface area (Å²) in [6.45, 7) is 1.59. The number of likely N-dealkylation sites (tertiary alicyclic amines) is 1. The topological polar surface area (TPSA) is 40.5 Å². The van der Waals surface area contributed by atoms with Gasteiger partial charge in [0.05, 0.1) is 0 Å². The Morgan fingerprint density at radius 3 is 2.30 bits per heavy atom. The van der Waals surface area contributed by atoms with E-state index in [0.29, 0.717) is 5.41 Å². The fraction of sp³-hybridized carbons (Fsp3) is 0.857. The molecule has 0 aromatic rings. The molecule has 0 atom stereocenters. The predicted octanol–water partition coefficient (Wildman–Crippen LogP) is 1.15. The lowest BCUT2D eigenvalue weighted by Gasteiger charge is -2.54. The number of carbonyl (C=O) groups is 1. The maximum Gasteiger partial charge on any atom is 0.407 e. The maximum atomic E-state index is 10.3. The van der Waals surface area contributed by atoms with E-state index in [2.05, 4.69) is 0 Å². The zero-order valence-corrected chi connectivity index (χ0v) is 5.84. The van der Waals surface area contributed by atoms with Crippen molar-refractivity contribution in [2.24, 2.45) is 5.41 Å². The molecule has 1 aliphatic heterocycles. The zero-order valence-electron chi connectivity index (χ0n) is 5.84. The standard InChI is InChI=1S/C7H11NO2/c9-6(10)8-4-7(5-8)2-1-3-7/h1-5H2,(H,9,10). The minimum atomic E-state index is -0.752. The van der Waals surface area contributed by atoms with E-state index >= 15 is 0 Å². The van der Waals surface area contributed by atoms with Gasteiger partial charge in [0.1, 0.15) is 0 Å². The molecule has 0 aromatic carbocycles. The molecule has 1 aliphatic carbocycles. The Balaban J connectivity index is 1.88. The molecule has 1 saturated carbocycles. The normalized spacial score (nSPS) is 27.4. The van der Waals surface area contributed by atoms with Crippen LogP contribution in [0.25, 0.3) is 0 Å². The van der Waals surface area contributed by atoms with Crippen LogP contribution in [-0.2, 0) is 0 Å². The average Bonchev–Trinajstić information content (AvgIpc) is 1.54. The van der Waals surface area contributed by atoms with Gasteiger partial charge in [0.25, 0.3) is 0 Å². The summed E-state index contributed by atoms with van der Waals surface area (Å²) >= 11 is 0. The third kappa shape index (κ3) is 0.632. The zero-order chi connectivity index (χ0) is 7.19. The van der Waals surface area contributed by atoms with E-state index in [1.165, 1.54) is 24.2 Å². The van der Waals surface area contributed by atoms with E-state index in [0.717, 1.165) is 13.1 Å². The minimum Gasteiger partial charge on any atom is -0.465 e. The van der Waals surface area contributed by atoms with Gasteiger partial charge in [0.2, 0.25) is 0 Å². The molecule has 1 saturated heterocycles. The van der Waals surface area contributed by atoms with Crippen LogP contribution in [0.5, 0.6) is 0 Å². The summed E-state index contributed by atoms with van der Waals surface area (Å²) in [7, 11) is 0. The second kappa shape index (κ2) is 1.65. The smallest absolute Gasteiger partial charge is 0.407 e. The molecule has 2 rings (SSSR count). The summed E-state index contributed by atoms with van der Waals surface area (Å²) in [5.74, 6) is 0. The van der Waals surface area contributed by atoms with Crippen molar-refractivity contribution >= 4 is 6.09 Å². The highest BCUT2D eigenvalue weighted by Gasteiger charge is 2.48. The van der Waals surface area contributed by atoms with Crippen molar-refractivity contribution in [1.82, 2.24) is 4.90 Å². The highest BCUT2D eigenvalue weighted by Crippen LogP contribution is 2.47. The highest BCUT2D eigenvalue weighted by atomic mass is 16.4. The van der Waals surface area contributed by atoms with Crippen molar-refractivity contribution in [3.8, 4) is 0 Å². The van der Waals surface area contributed by atoms with E-state index < -0.39 is 6.09 Å². The van der Waals surface area contributed by atoms with Gasteiger partial charge >= 0.3 is 6.09 Å². The molecule has 1 heterocycles. The minimum absolute atomic E-state index is 0.443. The molecule has 2 fully saturated rings. The fourth-order valence-electron chi connectivity index (χ4n) is 1.89. The van der Waals surface area contributed by atoms with Crippen LogP contribution in [0.3, 0.4) is 0 Å².